The Labute approximate surface area is 326 Å². The van der Waals surface area contributed by atoms with Gasteiger partial charge in [-0.05, 0) is 49.1 Å². The smallest absolute Gasteiger partial charge is 0.405 e. The van der Waals surface area contributed by atoms with Crippen molar-refractivity contribution in [3.63, 3.8) is 0 Å². The van der Waals surface area contributed by atoms with Gasteiger partial charge >= 0.3 is 6.09 Å². The number of benzene rings is 2. The fourth-order valence-electron chi connectivity index (χ4n) is 7.88. The first-order valence-electron chi connectivity index (χ1n) is 19.0. The molecule has 4 fully saturated rings. The van der Waals surface area contributed by atoms with Crippen LogP contribution in [0.1, 0.15) is 65.7 Å². The van der Waals surface area contributed by atoms with E-state index in [1.54, 1.807) is 46.1 Å². The van der Waals surface area contributed by atoms with Gasteiger partial charge < -0.3 is 30.1 Å². The van der Waals surface area contributed by atoms with Gasteiger partial charge in [0.05, 0.1) is 29.6 Å². The maximum atomic E-state index is 14.4. The Morgan fingerprint density at radius 2 is 1.80 bits per heavy atom. The number of nitrogens with zero attached hydrogens (tertiary/aromatic N) is 2. The molecule has 0 bridgehead atoms. The number of nitrogens with one attached hydrogen (secondary N) is 3. The summed E-state index contributed by atoms with van der Waals surface area (Å²) in [6, 6.07) is 14.2. The van der Waals surface area contributed by atoms with E-state index in [2.05, 4.69) is 21.9 Å². The van der Waals surface area contributed by atoms with Crippen molar-refractivity contribution in [2.75, 3.05) is 13.7 Å². The molecular formula is C41H49N5O9S. The highest BCUT2D eigenvalue weighted by Gasteiger charge is 2.64. The molecule has 5 unspecified atom stereocenters. The molecule has 1 saturated heterocycles. The summed E-state index contributed by atoms with van der Waals surface area (Å²) in [5.74, 6) is -1.36. The molecule has 298 valence electrons. The summed E-state index contributed by atoms with van der Waals surface area (Å²) in [5, 5.41) is 15.5. The molecule has 4 aliphatic rings. The van der Waals surface area contributed by atoms with E-state index in [1.165, 1.54) is 11.0 Å². The van der Waals surface area contributed by atoms with Gasteiger partial charge in [-0.2, -0.15) is 0 Å². The maximum Gasteiger partial charge on any atom is 0.405 e. The second kappa shape index (κ2) is 14.4. The van der Waals surface area contributed by atoms with E-state index >= 15 is 0 Å². The number of aromatic nitrogens is 1. The van der Waals surface area contributed by atoms with Crippen LogP contribution >= 0.6 is 0 Å². The summed E-state index contributed by atoms with van der Waals surface area (Å²) in [4.78, 5) is 60.7. The molecule has 3 saturated carbocycles. The number of amides is 4. The highest BCUT2D eigenvalue weighted by atomic mass is 32.2. The highest BCUT2D eigenvalue weighted by molar-refractivity contribution is 7.91. The number of ether oxygens (including phenoxy) is 2. The van der Waals surface area contributed by atoms with Gasteiger partial charge in [0.2, 0.25) is 21.8 Å². The Balaban J connectivity index is 1.19. The fourth-order valence-corrected chi connectivity index (χ4v) is 9.62. The average Bonchev–Trinajstić information content (AvgIpc) is 4.10. The van der Waals surface area contributed by atoms with Gasteiger partial charge in [0, 0.05) is 35.4 Å². The Hall–Kier alpha value is -5.18. The van der Waals surface area contributed by atoms with Crippen molar-refractivity contribution in [3.05, 3.63) is 67.3 Å². The van der Waals surface area contributed by atoms with Gasteiger partial charge in [-0.1, -0.05) is 70.0 Å². The summed E-state index contributed by atoms with van der Waals surface area (Å²) < 4.78 is 40.5. The second-order valence-corrected chi connectivity index (χ2v) is 18.8. The number of carbonyl (C=O) groups excluding carboxylic acids is 3. The molecule has 0 spiro atoms. The molecule has 15 heteroatoms. The first-order chi connectivity index (χ1) is 26.5. The highest BCUT2D eigenvalue weighted by Crippen LogP contribution is 2.53. The normalized spacial score (nSPS) is 24.4. The Kier molecular flexibility index (Phi) is 10.0. The lowest BCUT2D eigenvalue weighted by Gasteiger charge is -2.35. The van der Waals surface area contributed by atoms with Crippen LogP contribution in [0, 0.1) is 17.3 Å². The predicted octanol–water partition coefficient (Wildman–Crippen LogP) is 4.78. The average molecular weight is 788 g/mol. The summed E-state index contributed by atoms with van der Waals surface area (Å²) in [7, 11) is -2.47. The topological polar surface area (TPSA) is 193 Å². The summed E-state index contributed by atoms with van der Waals surface area (Å²) in [6.45, 7) is 8.85. The van der Waals surface area contributed by atoms with Crippen LogP contribution in [-0.2, 0) is 24.4 Å². The predicted molar refractivity (Wildman–Crippen MR) is 208 cm³/mol. The lowest BCUT2D eigenvalue weighted by molar-refractivity contribution is -0.142. The van der Waals surface area contributed by atoms with Crippen LogP contribution in [0.15, 0.2) is 67.3 Å². The number of hydrogen-bond donors (Lipinski definition) is 4. The van der Waals surface area contributed by atoms with E-state index in [9.17, 15) is 32.7 Å². The molecule has 1 aliphatic heterocycles. The minimum Gasteiger partial charge on any atom is -0.497 e. The third kappa shape index (κ3) is 7.65. The van der Waals surface area contributed by atoms with E-state index in [-0.39, 0.29) is 19.4 Å². The number of likely N-dealkylation sites (tertiary alicyclic amines) is 1. The first-order valence-corrected chi connectivity index (χ1v) is 20.5. The number of carboxylic acid groups (broad SMARTS) is 1. The minimum absolute atomic E-state index is 0.0125. The molecule has 0 radical (unpaired) electrons. The zero-order chi connectivity index (χ0) is 40.2. The molecular weight excluding hydrogens is 739 g/mol. The molecule has 3 aliphatic carbocycles. The molecule has 2 heterocycles. The number of methoxy groups -OCH3 is 1. The van der Waals surface area contributed by atoms with Crippen molar-refractivity contribution in [2.45, 2.75) is 94.2 Å². The van der Waals surface area contributed by atoms with E-state index in [1.807, 2.05) is 36.4 Å². The lowest BCUT2D eigenvalue weighted by atomic mass is 9.85. The number of hydrogen-bond acceptors (Lipinski definition) is 9. The lowest BCUT2D eigenvalue weighted by Crippen LogP contribution is -2.60. The van der Waals surface area contributed by atoms with Crippen molar-refractivity contribution < 1.29 is 42.2 Å². The second-order valence-electron chi connectivity index (χ2n) is 16.8. The van der Waals surface area contributed by atoms with E-state index in [4.69, 9.17) is 14.5 Å². The third-order valence-corrected chi connectivity index (χ3v) is 13.8. The molecule has 4 amide bonds. The van der Waals surface area contributed by atoms with Gasteiger partial charge in [-0.3, -0.25) is 19.1 Å². The number of carbonyl (C=O) groups is 4. The first kappa shape index (κ1) is 39.1. The molecule has 14 nitrogen and oxygen atoms in total. The zero-order valence-corrected chi connectivity index (χ0v) is 32.9. The van der Waals surface area contributed by atoms with Crippen LogP contribution in [0.25, 0.3) is 22.2 Å². The van der Waals surface area contributed by atoms with Crippen molar-refractivity contribution >= 4 is 44.7 Å². The zero-order valence-electron chi connectivity index (χ0n) is 32.0. The number of rotatable bonds is 14. The van der Waals surface area contributed by atoms with Crippen LogP contribution in [-0.4, -0.2) is 89.4 Å². The third-order valence-electron chi connectivity index (χ3n) is 11.6. The Bertz CT molecular complexity index is 2180. The summed E-state index contributed by atoms with van der Waals surface area (Å²) in [6.07, 6.45) is 2.87. The molecule has 7 rings (SSSR count). The molecule has 2 aromatic carbocycles. The van der Waals surface area contributed by atoms with Crippen LogP contribution in [0.2, 0.25) is 0 Å². The van der Waals surface area contributed by atoms with Gasteiger partial charge in [0.25, 0.3) is 5.91 Å². The van der Waals surface area contributed by atoms with Crippen molar-refractivity contribution in [2.24, 2.45) is 17.3 Å². The number of pyridine rings is 1. The van der Waals surface area contributed by atoms with Crippen molar-refractivity contribution in [3.8, 4) is 22.8 Å². The minimum atomic E-state index is -4.03. The van der Waals surface area contributed by atoms with E-state index < -0.39 is 73.6 Å². The summed E-state index contributed by atoms with van der Waals surface area (Å²) in [5.41, 5.74) is -0.432. The van der Waals surface area contributed by atoms with Gasteiger partial charge in [-0.25, -0.2) is 18.2 Å². The van der Waals surface area contributed by atoms with Crippen LogP contribution in [0.3, 0.4) is 0 Å². The largest absolute Gasteiger partial charge is 0.497 e. The van der Waals surface area contributed by atoms with Crippen LogP contribution < -0.4 is 24.8 Å². The Morgan fingerprint density at radius 1 is 1.09 bits per heavy atom. The van der Waals surface area contributed by atoms with Crippen molar-refractivity contribution in [1.82, 2.24) is 25.2 Å². The van der Waals surface area contributed by atoms with Gasteiger partial charge in [0.1, 0.15) is 35.2 Å². The molecule has 1 aromatic heterocycles. The quantitative estimate of drug-likeness (QED) is 0.165. The number of sulfonamides is 1. The van der Waals surface area contributed by atoms with Gasteiger partial charge in [-0.15, -0.1) is 6.58 Å². The summed E-state index contributed by atoms with van der Waals surface area (Å²) >= 11 is 0. The van der Waals surface area contributed by atoms with Gasteiger partial charge in [0.15, 0.2) is 0 Å². The number of fused-ring (bicyclic) bond motifs is 1. The molecule has 3 aromatic rings. The molecule has 5 atom stereocenters. The monoisotopic (exact) mass is 787 g/mol. The SMILES string of the molecule is C=CC1CC1(NC(=O)C1CC(Oc2cc(-c3ccccc3)nc3cc(OC)ccc23)CN1C(=O)C(NC(=O)O)C(C)(C)C)C(=O)NS(=O)(=O)C1(CC2CC2)CC1. The van der Waals surface area contributed by atoms with Crippen LogP contribution in [0.4, 0.5) is 4.79 Å². The van der Waals surface area contributed by atoms with Crippen molar-refractivity contribution in [1.29, 1.82) is 0 Å². The van der Waals surface area contributed by atoms with Crippen LogP contribution in [0.5, 0.6) is 11.5 Å². The maximum absolute atomic E-state index is 14.4. The standard InChI is InChI=1S/C41H49N5O9S/c1-6-26-22-41(26,37(49)45-56(52,53)40(16-17-40)21-24-12-13-24)44-35(47)32-19-28(23-46(32)36(48)34(39(2,3)4)43-38(50)51)55-33-20-30(25-10-8-7-9-11-25)42-31-18-27(54-5)14-15-29(31)33/h6-11,14-15,18,20,24,26,28,32,34,43H,1,12-13,16-17,19,21-23H2,2-5H3,(H,44,47)(H,45,49)(H,50,51). The molecule has 4 N–H and O–H groups in total. The molecule has 56 heavy (non-hydrogen) atoms. The Morgan fingerprint density at radius 3 is 2.39 bits per heavy atom. The van der Waals surface area contributed by atoms with E-state index in [0.717, 1.165) is 18.4 Å². The van der Waals surface area contributed by atoms with E-state index in [0.29, 0.717) is 53.3 Å². The fraction of sp³-hybridized carbons (Fsp3) is 0.488.